The van der Waals surface area contributed by atoms with Gasteiger partial charge in [-0.3, -0.25) is 4.79 Å². The molecule has 3 heteroatoms. The number of nitrogens with zero attached hydrogens (tertiary/aromatic N) is 1. The first-order chi connectivity index (χ1) is 8.90. The monoisotopic (exact) mass is 263 g/mol. The van der Waals surface area contributed by atoms with E-state index in [4.69, 9.17) is 5.11 Å². The van der Waals surface area contributed by atoms with Crippen LogP contribution in [0, 0.1) is 19.8 Å². The van der Waals surface area contributed by atoms with Crippen LogP contribution in [-0.4, -0.2) is 36.1 Å². The molecule has 106 valence electrons. The van der Waals surface area contributed by atoms with Crippen LogP contribution in [0.5, 0.6) is 0 Å². The average Bonchev–Trinajstić information content (AvgIpc) is 2.34. The van der Waals surface area contributed by atoms with Gasteiger partial charge >= 0.3 is 5.97 Å². The fraction of sp³-hybridized carbons (Fsp3) is 0.562. The van der Waals surface area contributed by atoms with E-state index < -0.39 is 5.97 Å². The van der Waals surface area contributed by atoms with E-state index in [-0.39, 0.29) is 5.92 Å². The fourth-order valence-corrected chi connectivity index (χ4v) is 2.09. The summed E-state index contributed by atoms with van der Waals surface area (Å²) in [6.45, 7) is 7.82. The first kappa shape index (κ1) is 15.7. The zero-order valence-electron chi connectivity index (χ0n) is 12.4. The number of hydrogen-bond acceptors (Lipinski definition) is 2. The maximum Gasteiger partial charge on any atom is 0.306 e. The summed E-state index contributed by atoms with van der Waals surface area (Å²) in [7, 11) is 2.05. The highest BCUT2D eigenvalue weighted by molar-refractivity contribution is 5.69. The third kappa shape index (κ3) is 5.43. The van der Waals surface area contributed by atoms with Gasteiger partial charge in [0.1, 0.15) is 0 Å². The molecule has 1 atom stereocenters. The van der Waals surface area contributed by atoms with Crippen molar-refractivity contribution in [2.75, 3.05) is 20.1 Å². The Hall–Kier alpha value is -1.35. The van der Waals surface area contributed by atoms with Crippen LogP contribution in [0.25, 0.3) is 0 Å². The lowest BCUT2D eigenvalue weighted by Crippen LogP contribution is -2.25. The van der Waals surface area contributed by atoms with E-state index in [1.54, 1.807) is 6.92 Å². The van der Waals surface area contributed by atoms with Crippen LogP contribution in [0.2, 0.25) is 0 Å². The number of likely N-dealkylation sites (N-methyl/N-ethyl adjacent to an activating group) is 1. The maximum atomic E-state index is 10.7. The molecular weight excluding hydrogens is 238 g/mol. The number of aliphatic carboxylic acids is 1. The molecule has 0 aliphatic carbocycles. The molecular formula is C16H25NO2. The molecule has 1 unspecified atom stereocenters. The van der Waals surface area contributed by atoms with Gasteiger partial charge in [0, 0.05) is 6.54 Å². The van der Waals surface area contributed by atoms with Crippen LogP contribution in [0.3, 0.4) is 0 Å². The summed E-state index contributed by atoms with van der Waals surface area (Å²) < 4.78 is 0. The highest BCUT2D eigenvalue weighted by Crippen LogP contribution is 2.12. The number of aryl methyl sites for hydroxylation is 2. The molecule has 0 saturated carbocycles. The highest BCUT2D eigenvalue weighted by Gasteiger charge is 2.11. The average molecular weight is 263 g/mol. The number of carboxylic acid groups (broad SMARTS) is 1. The summed E-state index contributed by atoms with van der Waals surface area (Å²) in [6.07, 6.45) is 1.72. The van der Waals surface area contributed by atoms with Crippen molar-refractivity contribution in [1.82, 2.24) is 4.90 Å². The molecule has 0 heterocycles. The maximum absolute atomic E-state index is 10.7. The standard InChI is InChI=1S/C16H25NO2/c1-12-5-6-15(14(3)11-12)8-10-17(4)9-7-13(2)16(18)19/h5-6,11,13H,7-10H2,1-4H3,(H,18,19). The first-order valence-corrected chi connectivity index (χ1v) is 6.87. The van der Waals surface area contributed by atoms with Gasteiger partial charge in [-0.25, -0.2) is 0 Å². The normalized spacial score (nSPS) is 12.7. The fourth-order valence-electron chi connectivity index (χ4n) is 2.09. The molecule has 1 rings (SSSR count). The smallest absolute Gasteiger partial charge is 0.306 e. The summed E-state index contributed by atoms with van der Waals surface area (Å²) >= 11 is 0. The molecule has 0 aromatic heterocycles. The van der Waals surface area contributed by atoms with E-state index in [1.807, 2.05) is 0 Å². The van der Waals surface area contributed by atoms with Crippen LogP contribution in [-0.2, 0) is 11.2 Å². The van der Waals surface area contributed by atoms with E-state index in [9.17, 15) is 4.79 Å². The first-order valence-electron chi connectivity index (χ1n) is 6.87. The summed E-state index contributed by atoms with van der Waals surface area (Å²) in [5.41, 5.74) is 4.01. The van der Waals surface area contributed by atoms with Crippen molar-refractivity contribution >= 4 is 5.97 Å². The van der Waals surface area contributed by atoms with Crippen molar-refractivity contribution in [3.8, 4) is 0 Å². The molecule has 0 radical (unpaired) electrons. The van der Waals surface area contributed by atoms with E-state index in [2.05, 4.69) is 44.0 Å². The minimum Gasteiger partial charge on any atom is -0.481 e. The van der Waals surface area contributed by atoms with Gasteiger partial charge < -0.3 is 10.0 Å². The van der Waals surface area contributed by atoms with Crippen LogP contribution in [0.15, 0.2) is 18.2 Å². The van der Waals surface area contributed by atoms with Gasteiger partial charge in [-0.05, 0) is 51.4 Å². The lowest BCUT2D eigenvalue weighted by molar-refractivity contribution is -0.141. The Morgan fingerprint density at radius 3 is 2.58 bits per heavy atom. The lowest BCUT2D eigenvalue weighted by atomic mass is 10.0. The lowest BCUT2D eigenvalue weighted by Gasteiger charge is -2.18. The number of hydrogen-bond donors (Lipinski definition) is 1. The third-order valence-corrected chi connectivity index (χ3v) is 3.63. The van der Waals surface area contributed by atoms with Gasteiger partial charge in [-0.2, -0.15) is 0 Å². The summed E-state index contributed by atoms with van der Waals surface area (Å²) in [5.74, 6) is -0.966. The van der Waals surface area contributed by atoms with Crippen LogP contribution in [0.1, 0.15) is 30.0 Å². The summed E-state index contributed by atoms with van der Waals surface area (Å²) in [5, 5.41) is 8.85. The molecule has 0 spiro atoms. The van der Waals surface area contributed by atoms with Gasteiger partial charge in [-0.1, -0.05) is 30.7 Å². The summed E-state index contributed by atoms with van der Waals surface area (Å²) in [6, 6.07) is 6.55. The molecule has 0 bridgehead atoms. The van der Waals surface area contributed by atoms with Crippen LogP contribution < -0.4 is 0 Å². The molecule has 0 saturated heterocycles. The molecule has 1 aromatic carbocycles. The predicted octanol–water partition coefficient (Wildman–Crippen LogP) is 2.89. The van der Waals surface area contributed by atoms with E-state index in [1.165, 1.54) is 16.7 Å². The predicted molar refractivity (Wildman–Crippen MR) is 78.5 cm³/mol. The Morgan fingerprint density at radius 2 is 2.00 bits per heavy atom. The van der Waals surface area contributed by atoms with Crippen molar-refractivity contribution in [3.05, 3.63) is 34.9 Å². The molecule has 0 aliphatic heterocycles. The van der Waals surface area contributed by atoms with Crippen LogP contribution >= 0.6 is 0 Å². The second-order valence-electron chi connectivity index (χ2n) is 5.51. The van der Waals surface area contributed by atoms with E-state index >= 15 is 0 Å². The topological polar surface area (TPSA) is 40.5 Å². The molecule has 19 heavy (non-hydrogen) atoms. The largest absolute Gasteiger partial charge is 0.481 e. The van der Waals surface area contributed by atoms with E-state index in [0.717, 1.165) is 19.5 Å². The second kappa shape index (κ2) is 7.29. The molecule has 3 nitrogen and oxygen atoms in total. The summed E-state index contributed by atoms with van der Waals surface area (Å²) in [4.78, 5) is 13.0. The Bertz CT molecular complexity index is 429. The van der Waals surface area contributed by atoms with Gasteiger partial charge in [0.2, 0.25) is 0 Å². The Kier molecular flexibility index (Phi) is 6.03. The van der Waals surface area contributed by atoms with Crippen molar-refractivity contribution in [2.24, 2.45) is 5.92 Å². The zero-order chi connectivity index (χ0) is 14.4. The SMILES string of the molecule is Cc1ccc(CCN(C)CCC(C)C(=O)O)c(C)c1. The number of carboxylic acids is 1. The molecule has 0 aliphatic rings. The molecule has 0 fully saturated rings. The van der Waals surface area contributed by atoms with Crippen LogP contribution in [0.4, 0.5) is 0 Å². The quantitative estimate of drug-likeness (QED) is 0.822. The molecule has 1 N–H and O–H groups in total. The number of benzene rings is 1. The van der Waals surface area contributed by atoms with E-state index in [0.29, 0.717) is 6.42 Å². The van der Waals surface area contributed by atoms with Gasteiger partial charge in [-0.15, -0.1) is 0 Å². The van der Waals surface area contributed by atoms with Crippen molar-refractivity contribution in [3.63, 3.8) is 0 Å². The second-order valence-corrected chi connectivity index (χ2v) is 5.51. The minimum absolute atomic E-state index is 0.261. The van der Waals surface area contributed by atoms with Crippen molar-refractivity contribution in [1.29, 1.82) is 0 Å². The molecule has 0 amide bonds. The minimum atomic E-state index is -0.706. The highest BCUT2D eigenvalue weighted by atomic mass is 16.4. The van der Waals surface area contributed by atoms with Gasteiger partial charge in [0.15, 0.2) is 0 Å². The Labute approximate surface area is 116 Å². The number of rotatable bonds is 7. The Morgan fingerprint density at radius 1 is 1.32 bits per heavy atom. The Balaban J connectivity index is 2.37. The zero-order valence-corrected chi connectivity index (χ0v) is 12.4. The number of carbonyl (C=O) groups is 1. The van der Waals surface area contributed by atoms with Gasteiger partial charge in [0.25, 0.3) is 0 Å². The van der Waals surface area contributed by atoms with Gasteiger partial charge in [0.05, 0.1) is 5.92 Å². The van der Waals surface area contributed by atoms with Crippen molar-refractivity contribution < 1.29 is 9.90 Å². The van der Waals surface area contributed by atoms with Crippen molar-refractivity contribution in [2.45, 2.75) is 33.6 Å². The molecule has 1 aromatic rings. The third-order valence-electron chi connectivity index (χ3n) is 3.63.